The van der Waals surface area contributed by atoms with E-state index in [0.29, 0.717) is 12.0 Å². The lowest BCUT2D eigenvalue weighted by atomic mass is 10.2. The Morgan fingerprint density at radius 2 is 2.12 bits per heavy atom. The largest absolute Gasteiger partial charge is 0.474 e. The Hall–Kier alpha value is -1.09. The molecule has 0 spiro atoms. The highest BCUT2D eigenvalue weighted by Gasteiger charge is 2.17. The second kappa shape index (κ2) is 5.30. The van der Waals surface area contributed by atoms with Gasteiger partial charge >= 0.3 is 0 Å². The second-order valence-corrected chi connectivity index (χ2v) is 4.34. The maximum absolute atomic E-state index is 9.16. The van der Waals surface area contributed by atoms with Crippen LogP contribution in [0, 0.1) is 0 Å². The molecule has 0 aromatic carbocycles. The summed E-state index contributed by atoms with van der Waals surface area (Å²) in [5.41, 5.74) is 1.87. The van der Waals surface area contributed by atoms with Gasteiger partial charge in [0.1, 0.15) is 6.10 Å². The number of nitrogens with zero attached hydrogens (tertiary/aromatic N) is 1. The maximum atomic E-state index is 9.16. The number of rotatable bonds is 4. The molecular weight excluding hydrogens is 202 g/mol. The van der Waals surface area contributed by atoms with Gasteiger partial charge in [-0.3, -0.25) is 0 Å². The Labute approximate surface area is 96.5 Å². The third kappa shape index (κ3) is 2.73. The predicted molar refractivity (Wildman–Crippen MR) is 62.4 cm³/mol. The van der Waals surface area contributed by atoms with E-state index >= 15 is 0 Å². The van der Waals surface area contributed by atoms with Crippen molar-refractivity contribution in [1.82, 2.24) is 4.98 Å². The van der Waals surface area contributed by atoms with E-state index in [0.717, 1.165) is 30.5 Å². The standard InChI is InChI=1S/C13H19NO2/c1-2-11-7-10(9-15)8-13(14-11)16-12-5-3-4-6-12/h7-8,12,15H,2-6,9H2,1H3. The number of ether oxygens (including phenoxy) is 1. The zero-order chi connectivity index (χ0) is 11.4. The maximum Gasteiger partial charge on any atom is 0.214 e. The number of aliphatic hydroxyl groups is 1. The molecule has 1 aliphatic carbocycles. The highest BCUT2D eigenvalue weighted by atomic mass is 16.5. The molecule has 1 fully saturated rings. The lowest BCUT2D eigenvalue weighted by Gasteiger charge is -2.13. The van der Waals surface area contributed by atoms with E-state index < -0.39 is 0 Å². The number of pyridine rings is 1. The Morgan fingerprint density at radius 3 is 2.75 bits per heavy atom. The molecule has 3 heteroatoms. The van der Waals surface area contributed by atoms with Crippen molar-refractivity contribution in [2.45, 2.75) is 51.7 Å². The Morgan fingerprint density at radius 1 is 1.38 bits per heavy atom. The van der Waals surface area contributed by atoms with Gasteiger partial charge in [-0.25, -0.2) is 4.98 Å². The fraction of sp³-hybridized carbons (Fsp3) is 0.615. The Balaban J connectivity index is 2.12. The number of aromatic nitrogens is 1. The van der Waals surface area contributed by atoms with Crippen molar-refractivity contribution in [2.75, 3.05) is 0 Å². The summed E-state index contributed by atoms with van der Waals surface area (Å²) >= 11 is 0. The van der Waals surface area contributed by atoms with E-state index in [2.05, 4.69) is 11.9 Å². The van der Waals surface area contributed by atoms with Gasteiger partial charge < -0.3 is 9.84 Å². The van der Waals surface area contributed by atoms with Crippen molar-refractivity contribution in [2.24, 2.45) is 0 Å². The van der Waals surface area contributed by atoms with Gasteiger partial charge in [-0.2, -0.15) is 0 Å². The quantitative estimate of drug-likeness (QED) is 0.849. The molecular formula is C13H19NO2. The summed E-state index contributed by atoms with van der Waals surface area (Å²) < 4.78 is 5.84. The summed E-state index contributed by atoms with van der Waals surface area (Å²) in [6.07, 6.45) is 5.97. The summed E-state index contributed by atoms with van der Waals surface area (Å²) in [4.78, 5) is 4.43. The monoisotopic (exact) mass is 221 g/mol. The van der Waals surface area contributed by atoms with Crippen LogP contribution in [0.5, 0.6) is 5.88 Å². The topological polar surface area (TPSA) is 42.4 Å². The summed E-state index contributed by atoms with van der Waals surface area (Å²) in [6.45, 7) is 2.11. The van der Waals surface area contributed by atoms with Crippen molar-refractivity contribution in [1.29, 1.82) is 0 Å². The first-order valence-electron chi connectivity index (χ1n) is 6.09. The summed E-state index contributed by atoms with van der Waals surface area (Å²) in [6, 6.07) is 3.78. The van der Waals surface area contributed by atoms with Crippen molar-refractivity contribution in [3.63, 3.8) is 0 Å². The molecule has 2 rings (SSSR count). The number of aryl methyl sites for hydroxylation is 1. The first-order valence-corrected chi connectivity index (χ1v) is 6.09. The van der Waals surface area contributed by atoms with E-state index in [4.69, 9.17) is 9.84 Å². The SMILES string of the molecule is CCc1cc(CO)cc(OC2CCCC2)n1. The molecule has 1 saturated carbocycles. The summed E-state index contributed by atoms with van der Waals surface area (Å²) in [5, 5.41) is 9.16. The first-order chi connectivity index (χ1) is 7.81. The molecule has 0 saturated heterocycles. The van der Waals surface area contributed by atoms with E-state index in [-0.39, 0.29) is 6.61 Å². The van der Waals surface area contributed by atoms with Crippen LogP contribution in [0.2, 0.25) is 0 Å². The number of hydrogen-bond acceptors (Lipinski definition) is 3. The molecule has 0 bridgehead atoms. The molecule has 0 aliphatic heterocycles. The van der Waals surface area contributed by atoms with Crippen LogP contribution >= 0.6 is 0 Å². The van der Waals surface area contributed by atoms with Gasteiger partial charge in [-0.05, 0) is 43.7 Å². The number of hydrogen-bond donors (Lipinski definition) is 1. The molecule has 3 nitrogen and oxygen atoms in total. The van der Waals surface area contributed by atoms with Crippen molar-refractivity contribution in [3.8, 4) is 5.88 Å². The molecule has 1 aliphatic rings. The van der Waals surface area contributed by atoms with Gasteiger partial charge in [0.2, 0.25) is 5.88 Å². The van der Waals surface area contributed by atoms with Gasteiger partial charge in [0, 0.05) is 11.8 Å². The average Bonchev–Trinajstić information content (AvgIpc) is 2.81. The number of aliphatic hydroxyl groups excluding tert-OH is 1. The molecule has 0 unspecified atom stereocenters. The smallest absolute Gasteiger partial charge is 0.214 e. The molecule has 0 radical (unpaired) electrons. The van der Waals surface area contributed by atoms with Crippen LogP contribution < -0.4 is 4.74 Å². The molecule has 16 heavy (non-hydrogen) atoms. The lowest BCUT2D eigenvalue weighted by Crippen LogP contribution is -2.12. The molecule has 1 aromatic rings. The minimum Gasteiger partial charge on any atom is -0.474 e. The van der Waals surface area contributed by atoms with Gasteiger partial charge in [0.05, 0.1) is 6.61 Å². The highest BCUT2D eigenvalue weighted by molar-refractivity contribution is 5.25. The van der Waals surface area contributed by atoms with Gasteiger partial charge in [0.15, 0.2) is 0 Å². The molecule has 1 N–H and O–H groups in total. The van der Waals surface area contributed by atoms with Gasteiger partial charge in [0.25, 0.3) is 0 Å². The molecule has 0 atom stereocenters. The van der Waals surface area contributed by atoms with Crippen LogP contribution in [0.15, 0.2) is 12.1 Å². The van der Waals surface area contributed by atoms with Crippen LogP contribution in [0.25, 0.3) is 0 Å². The highest BCUT2D eigenvalue weighted by Crippen LogP contribution is 2.24. The Bertz CT molecular complexity index is 324. The van der Waals surface area contributed by atoms with E-state index in [9.17, 15) is 0 Å². The fourth-order valence-electron chi connectivity index (χ4n) is 2.13. The van der Waals surface area contributed by atoms with E-state index in [1.807, 2.05) is 12.1 Å². The zero-order valence-corrected chi connectivity index (χ0v) is 9.78. The van der Waals surface area contributed by atoms with E-state index in [1.165, 1.54) is 12.8 Å². The average molecular weight is 221 g/mol. The lowest BCUT2D eigenvalue weighted by molar-refractivity contribution is 0.199. The van der Waals surface area contributed by atoms with Gasteiger partial charge in [-0.15, -0.1) is 0 Å². The predicted octanol–water partition coefficient (Wildman–Crippen LogP) is 2.46. The van der Waals surface area contributed by atoms with Crippen LogP contribution in [0.3, 0.4) is 0 Å². The minimum atomic E-state index is 0.0521. The van der Waals surface area contributed by atoms with Crippen LogP contribution in [0.1, 0.15) is 43.9 Å². The van der Waals surface area contributed by atoms with Crippen LogP contribution in [0.4, 0.5) is 0 Å². The first kappa shape index (κ1) is 11.4. The van der Waals surface area contributed by atoms with Crippen LogP contribution in [-0.2, 0) is 13.0 Å². The van der Waals surface area contributed by atoms with Crippen molar-refractivity contribution < 1.29 is 9.84 Å². The van der Waals surface area contributed by atoms with Crippen LogP contribution in [-0.4, -0.2) is 16.2 Å². The third-order valence-electron chi connectivity index (χ3n) is 3.05. The molecule has 1 heterocycles. The normalized spacial score (nSPS) is 16.6. The zero-order valence-electron chi connectivity index (χ0n) is 9.78. The Kier molecular flexibility index (Phi) is 3.78. The van der Waals surface area contributed by atoms with E-state index in [1.54, 1.807) is 0 Å². The minimum absolute atomic E-state index is 0.0521. The fourth-order valence-corrected chi connectivity index (χ4v) is 2.13. The summed E-state index contributed by atoms with van der Waals surface area (Å²) in [5.74, 6) is 0.676. The molecule has 1 aromatic heterocycles. The third-order valence-corrected chi connectivity index (χ3v) is 3.05. The van der Waals surface area contributed by atoms with Crippen molar-refractivity contribution >= 4 is 0 Å². The van der Waals surface area contributed by atoms with Gasteiger partial charge in [-0.1, -0.05) is 6.92 Å². The second-order valence-electron chi connectivity index (χ2n) is 4.34. The summed E-state index contributed by atoms with van der Waals surface area (Å²) in [7, 11) is 0. The van der Waals surface area contributed by atoms with Crippen molar-refractivity contribution in [3.05, 3.63) is 23.4 Å². The molecule has 0 amide bonds. The molecule has 88 valence electrons.